The molecule has 4 nitrogen and oxygen atoms in total. The lowest BCUT2D eigenvalue weighted by Crippen LogP contribution is -2.28. The normalized spacial score (nSPS) is 21.2. The van der Waals surface area contributed by atoms with Crippen molar-refractivity contribution in [1.82, 2.24) is 9.88 Å². The number of nitrogens with one attached hydrogen (secondary N) is 1. The smallest absolute Gasteiger partial charge is 0.140 e. The number of anilines is 1. The molecule has 1 saturated heterocycles. The number of nitrogen functional groups attached to an aromatic ring is 1. The zero-order valence-electron chi connectivity index (χ0n) is 9.82. The number of hydrogen-bond donors (Lipinski definition) is 2. The molecule has 1 aliphatic heterocycles. The minimum Gasteiger partial charge on any atom is -0.308 e. The standard InChI is InChI=1S/C12H20N4/c1-2-11-4-3-7-16(11)9-10-5-6-14-12(8-10)15-13/h5-6,8,11H,2-4,7,9,13H2,1H3,(H,14,15). The third-order valence-corrected chi connectivity index (χ3v) is 3.33. The van der Waals surface area contributed by atoms with Crippen LogP contribution in [-0.4, -0.2) is 22.5 Å². The maximum atomic E-state index is 5.35. The summed E-state index contributed by atoms with van der Waals surface area (Å²) >= 11 is 0. The van der Waals surface area contributed by atoms with Crippen LogP contribution < -0.4 is 11.3 Å². The Morgan fingerprint density at radius 2 is 2.50 bits per heavy atom. The molecule has 0 aliphatic carbocycles. The Labute approximate surface area is 96.8 Å². The van der Waals surface area contributed by atoms with E-state index in [4.69, 9.17) is 5.84 Å². The molecule has 1 aromatic rings. The molecule has 4 heteroatoms. The van der Waals surface area contributed by atoms with Gasteiger partial charge in [0.05, 0.1) is 0 Å². The molecule has 16 heavy (non-hydrogen) atoms. The number of rotatable bonds is 4. The predicted octanol–water partition coefficient (Wildman–Crippen LogP) is 1.74. The van der Waals surface area contributed by atoms with Crippen LogP contribution >= 0.6 is 0 Å². The van der Waals surface area contributed by atoms with Crippen molar-refractivity contribution >= 4 is 5.82 Å². The second kappa shape index (κ2) is 5.27. The van der Waals surface area contributed by atoms with Crippen molar-refractivity contribution in [2.75, 3.05) is 12.0 Å². The second-order valence-corrected chi connectivity index (χ2v) is 4.37. The van der Waals surface area contributed by atoms with E-state index < -0.39 is 0 Å². The van der Waals surface area contributed by atoms with Crippen LogP contribution in [0.5, 0.6) is 0 Å². The molecular weight excluding hydrogens is 200 g/mol. The van der Waals surface area contributed by atoms with Crippen LogP contribution in [0.2, 0.25) is 0 Å². The van der Waals surface area contributed by atoms with Gasteiger partial charge in [-0.05, 0) is 43.5 Å². The van der Waals surface area contributed by atoms with Crippen molar-refractivity contribution in [2.45, 2.75) is 38.8 Å². The molecular formula is C12H20N4. The van der Waals surface area contributed by atoms with Crippen molar-refractivity contribution in [1.29, 1.82) is 0 Å². The zero-order valence-corrected chi connectivity index (χ0v) is 9.82. The number of likely N-dealkylation sites (tertiary alicyclic amines) is 1. The highest BCUT2D eigenvalue weighted by Crippen LogP contribution is 2.22. The van der Waals surface area contributed by atoms with Gasteiger partial charge in [-0.1, -0.05) is 6.92 Å². The molecule has 0 saturated carbocycles. The summed E-state index contributed by atoms with van der Waals surface area (Å²) in [5.74, 6) is 6.09. The first-order valence-electron chi connectivity index (χ1n) is 5.99. The van der Waals surface area contributed by atoms with E-state index in [9.17, 15) is 0 Å². The number of nitrogens with zero attached hydrogens (tertiary/aromatic N) is 2. The van der Waals surface area contributed by atoms with Crippen LogP contribution in [0.4, 0.5) is 5.82 Å². The van der Waals surface area contributed by atoms with Crippen LogP contribution in [0.25, 0.3) is 0 Å². The molecule has 0 radical (unpaired) electrons. The highest BCUT2D eigenvalue weighted by atomic mass is 15.2. The Morgan fingerprint density at radius 1 is 1.62 bits per heavy atom. The summed E-state index contributed by atoms with van der Waals surface area (Å²) in [6.07, 6.45) is 5.71. The second-order valence-electron chi connectivity index (χ2n) is 4.37. The van der Waals surface area contributed by atoms with Crippen molar-refractivity contribution in [3.8, 4) is 0 Å². The lowest BCUT2D eigenvalue weighted by molar-refractivity contribution is 0.240. The zero-order chi connectivity index (χ0) is 11.4. The average Bonchev–Trinajstić information content (AvgIpc) is 2.76. The summed E-state index contributed by atoms with van der Waals surface area (Å²) in [5.41, 5.74) is 3.87. The SMILES string of the molecule is CCC1CCCN1Cc1ccnc(NN)c1. The van der Waals surface area contributed by atoms with E-state index in [0.29, 0.717) is 0 Å². The molecule has 0 bridgehead atoms. The van der Waals surface area contributed by atoms with Gasteiger partial charge in [0, 0.05) is 18.8 Å². The van der Waals surface area contributed by atoms with E-state index in [1.165, 1.54) is 31.4 Å². The monoisotopic (exact) mass is 220 g/mol. The number of hydrogen-bond acceptors (Lipinski definition) is 4. The van der Waals surface area contributed by atoms with Gasteiger partial charge in [0.1, 0.15) is 5.82 Å². The van der Waals surface area contributed by atoms with Gasteiger partial charge in [-0.25, -0.2) is 10.8 Å². The van der Waals surface area contributed by atoms with Crippen molar-refractivity contribution in [3.05, 3.63) is 23.9 Å². The highest BCUT2D eigenvalue weighted by molar-refractivity contribution is 5.35. The van der Waals surface area contributed by atoms with Crippen LogP contribution in [-0.2, 0) is 6.54 Å². The van der Waals surface area contributed by atoms with Gasteiger partial charge in [0.25, 0.3) is 0 Å². The topological polar surface area (TPSA) is 54.2 Å². The van der Waals surface area contributed by atoms with E-state index in [-0.39, 0.29) is 0 Å². The molecule has 2 rings (SSSR count). The van der Waals surface area contributed by atoms with Gasteiger partial charge in [-0.3, -0.25) is 4.90 Å². The molecule has 0 amide bonds. The Balaban J connectivity index is 2.02. The Hall–Kier alpha value is -1.13. The van der Waals surface area contributed by atoms with E-state index >= 15 is 0 Å². The number of hydrazine groups is 1. The molecule has 0 spiro atoms. The fourth-order valence-corrected chi connectivity index (χ4v) is 2.45. The number of pyridine rings is 1. The van der Waals surface area contributed by atoms with Crippen LogP contribution in [0, 0.1) is 0 Å². The summed E-state index contributed by atoms with van der Waals surface area (Å²) in [6, 6.07) is 4.83. The minimum absolute atomic E-state index is 0.741. The van der Waals surface area contributed by atoms with Crippen molar-refractivity contribution in [3.63, 3.8) is 0 Å². The third-order valence-electron chi connectivity index (χ3n) is 3.33. The molecule has 0 aromatic carbocycles. The van der Waals surface area contributed by atoms with Crippen LogP contribution in [0.3, 0.4) is 0 Å². The first kappa shape index (κ1) is 11.4. The lowest BCUT2D eigenvalue weighted by atomic mass is 10.1. The summed E-state index contributed by atoms with van der Waals surface area (Å²) in [5, 5.41) is 0. The van der Waals surface area contributed by atoms with Crippen LogP contribution in [0.1, 0.15) is 31.7 Å². The first-order chi connectivity index (χ1) is 7.83. The first-order valence-corrected chi connectivity index (χ1v) is 5.99. The molecule has 1 fully saturated rings. The summed E-state index contributed by atoms with van der Waals surface area (Å²) in [4.78, 5) is 6.67. The van der Waals surface area contributed by atoms with Gasteiger partial charge in [-0.2, -0.15) is 0 Å². The molecule has 1 unspecified atom stereocenters. The van der Waals surface area contributed by atoms with E-state index in [2.05, 4.69) is 28.3 Å². The molecule has 3 N–H and O–H groups in total. The fraction of sp³-hybridized carbons (Fsp3) is 0.583. The Bertz CT molecular complexity index is 340. The number of nitrogens with two attached hydrogens (primary N) is 1. The van der Waals surface area contributed by atoms with E-state index in [0.717, 1.165) is 18.4 Å². The maximum Gasteiger partial charge on any atom is 0.140 e. The van der Waals surface area contributed by atoms with Gasteiger partial charge < -0.3 is 5.43 Å². The average molecular weight is 220 g/mol. The van der Waals surface area contributed by atoms with E-state index in [1.54, 1.807) is 0 Å². The van der Waals surface area contributed by atoms with Gasteiger partial charge >= 0.3 is 0 Å². The molecule has 2 heterocycles. The third kappa shape index (κ3) is 2.51. The summed E-state index contributed by atoms with van der Waals surface area (Å²) < 4.78 is 0. The largest absolute Gasteiger partial charge is 0.308 e. The highest BCUT2D eigenvalue weighted by Gasteiger charge is 2.22. The maximum absolute atomic E-state index is 5.35. The molecule has 1 atom stereocenters. The lowest BCUT2D eigenvalue weighted by Gasteiger charge is -2.23. The molecule has 88 valence electrons. The van der Waals surface area contributed by atoms with E-state index in [1.807, 2.05) is 12.3 Å². The Kier molecular flexibility index (Phi) is 3.74. The summed E-state index contributed by atoms with van der Waals surface area (Å²) in [7, 11) is 0. The quantitative estimate of drug-likeness (QED) is 0.599. The molecule has 1 aliphatic rings. The predicted molar refractivity (Wildman–Crippen MR) is 65.8 cm³/mol. The van der Waals surface area contributed by atoms with Crippen LogP contribution in [0.15, 0.2) is 18.3 Å². The number of aromatic nitrogens is 1. The van der Waals surface area contributed by atoms with Crippen molar-refractivity contribution in [2.24, 2.45) is 5.84 Å². The van der Waals surface area contributed by atoms with Gasteiger partial charge in [-0.15, -0.1) is 0 Å². The molecule has 1 aromatic heterocycles. The van der Waals surface area contributed by atoms with Gasteiger partial charge in [0.2, 0.25) is 0 Å². The fourth-order valence-electron chi connectivity index (χ4n) is 2.45. The Morgan fingerprint density at radius 3 is 3.25 bits per heavy atom. The van der Waals surface area contributed by atoms with Gasteiger partial charge in [0.15, 0.2) is 0 Å². The minimum atomic E-state index is 0.741. The van der Waals surface area contributed by atoms with Crippen molar-refractivity contribution < 1.29 is 0 Å². The summed E-state index contributed by atoms with van der Waals surface area (Å²) in [6.45, 7) is 4.49.